The van der Waals surface area contributed by atoms with Gasteiger partial charge in [-0.2, -0.15) is 26.3 Å². The van der Waals surface area contributed by atoms with Gasteiger partial charge in [0.15, 0.2) is 0 Å². The van der Waals surface area contributed by atoms with E-state index in [4.69, 9.17) is 4.74 Å². The van der Waals surface area contributed by atoms with Crippen molar-refractivity contribution >= 4 is 6.09 Å². The Kier molecular flexibility index (Phi) is 5.86. The number of hydrogen-bond acceptors (Lipinski definition) is 2. The Labute approximate surface area is 177 Å². The quantitative estimate of drug-likeness (QED) is 0.363. The van der Waals surface area contributed by atoms with Crippen molar-refractivity contribution in [3.05, 3.63) is 46.0 Å². The molecule has 3 rings (SSSR count). The topological polar surface area (TPSA) is 29.5 Å². The molecule has 0 bridgehead atoms. The van der Waals surface area contributed by atoms with E-state index in [-0.39, 0.29) is 23.6 Å². The fourth-order valence-corrected chi connectivity index (χ4v) is 4.22. The van der Waals surface area contributed by atoms with Crippen LogP contribution in [-0.4, -0.2) is 23.6 Å². The van der Waals surface area contributed by atoms with E-state index in [1.54, 1.807) is 6.92 Å². The van der Waals surface area contributed by atoms with Crippen LogP contribution in [0.25, 0.3) is 0 Å². The Bertz CT molecular complexity index is 868. The lowest BCUT2D eigenvalue weighted by atomic mass is 9.74. The van der Waals surface area contributed by atoms with Crippen molar-refractivity contribution in [2.45, 2.75) is 71.5 Å². The van der Waals surface area contributed by atoms with E-state index in [0.29, 0.717) is 12.1 Å². The summed E-state index contributed by atoms with van der Waals surface area (Å²) in [6.45, 7) is 8.05. The summed E-state index contributed by atoms with van der Waals surface area (Å²) < 4.78 is 84.5. The van der Waals surface area contributed by atoms with Gasteiger partial charge in [0.05, 0.1) is 17.2 Å². The lowest BCUT2D eigenvalue weighted by molar-refractivity contribution is -0.143. The van der Waals surface area contributed by atoms with Crippen LogP contribution in [-0.2, 0) is 17.1 Å². The predicted octanol–water partition coefficient (Wildman–Crippen LogP) is 7.13. The monoisotopic (exact) mass is 449 g/mol. The first kappa shape index (κ1) is 23.5. The van der Waals surface area contributed by atoms with Crippen molar-refractivity contribution in [3.8, 4) is 0 Å². The molecule has 0 N–H and O–H groups in total. The summed E-state index contributed by atoms with van der Waals surface area (Å²) in [5, 5.41) is 0. The summed E-state index contributed by atoms with van der Waals surface area (Å²) in [6.07, 6.45) is -9.24. The van der Waals surface area contributed by atoms with Crippen LogP contribution >= 0.6 is 0 Å². The molecule has 31 heavy (non-hydrogen) atoms. The van der Waals surface area contributed by atoms with Crippen LogP contribution < -0.4 is 0 Å². The van der Waals surface area contributed by atoms with E-state index in [1.165, 1.54) is 4.90 Å². The van der Waals surface area contributed by atoms with Gasteiger partial charge in [-0.05, 0) is 62.3 Å². The molecule has 0 spiro atoms. The third kappa shape index (κ3) is 5.01. The summed E-state index contributed by atoms with van der Waals surface area (Å²) in [4.78, 5) is 13.9. The molecule has 1 fully saturated rings. The van der Waals surface area contributed by atoms with Crippen LogP contribution in [0, 0.1) is 5.41 Å². The van der Waals surface area contributed by atoms with E-state index in [9.17, 15) is 31.1 Å². The Morgan fingerprint density at radius 3 is 2.13 bits per heavy atom. The second kappa shape index (κ2) is 7.74. The molecular formula is C22H25F6NO2. The van der Waals surface area contributed by atoms with E-state index < -0.39 is 41.7 Å². The number of rotatable bonds is 3. The highest BCUT2D eigenvalue weighted by molar-refractivity contribution is 5.71. The number of hydrogen-bond donors (Lipinski definition) is 0. The van der Waals surface area contributed by atoms with Gasteiger partial charge in [-0.1, -0.05) is 25.0 Å². The highest BCUT2D eigenvalue weighted by Gasteiger charge is 2.43. The molecule has 1 heterocycles. The van der Waals surface area contributed by atoms with Gasteiger partial charge in [-0.25, -0.2) is 4.79 Å². The van der Waals surface area contributed by atoms with Crippen molar-refractivity contribution < 1.29 is 35.9 Å². The van der Waals surface area contributed by atoms with Gasteiger partial charge < -0.3 is 4.74 Å². The van der Waals surface area contributed by atoms with Gasteiger partial charge in [-0.15, -0.1) is 0 Å². The number of carbonyl (C=O) groups excluding carboxylic acids is 1. The van der Waals surface area contributed by atoms with Crippen LogP contribution in [0.4, 0.5) is 31.1 Å². The third-order valence-electron chi connectivity index (χ3n) is 6.16. The van der Waals surface area contributed by atoms with Crippen LogP contribution in [0.5, 0.6) is 0 Å². The normalized spacial score (nSPS) is 24.6. The first-order valence-corrected chi connectivity index (χ1v) is 10.0. The summed E-state index contributed by atoms with van der Waals surface area (Å²) in [5.74, 6) is 0. The Hall–Kier alpha value is -2.19. The molecule has 0 saturated carbocycles. The number of amides is 1. The maximum atomic E-state index is 13.2. The SMILES string of the molecule is CC1=C(CN2C(=O)O[C@H](c3cc(C(F)(F)F)cc(C(F)(F)F)c3)[C@@H]2C)CC(C)(C)CC1. The lowest BCUT2D eigenvalue weighted by Crippen LogP contribution is -2.35. The average molecular weight is 449 g/mol. The zero-order chi connectivity index (χ0) is 23.4. The van der Waals surface area contributed by atoms with Crippen LogP contribution in [0.2, 0.25) is 0 Å². The largest absolute Gasteiger partial charge is 0.439 e. The van der Waals surface area contributed by atoms with Gasteiger partial charge in [0, 0.05) is 6.54 Å². The highest BCUT2D eigenvalue weighted by Crippen LogP contribution is 2.43. The zero-order valence-corrected chi connectivity index (χ0v) is 17.7. The van der Waals surface area contributed by atoms with Gasteiger partial charge in [-0.3, -0.25) is 4.90 Å². The summed E-state index contributed by atoms with van der Waals surface area (Å²) in [7, 11) is 0. The molecule has 2 atom stereocenters. The first-order chi connectivity index (χ1) is 14.1. The number of halogens is 6. The standard InChI is InChI=1S/C22H25F6NO2/c1-12-5-6-20(3,4)10-15(12)11-29-13(2)18(31-19(29)30)14-7-16(21(23,24)25)9-17(8-14)22(26,27)28/h7-9,13,18H,5-6,10-11H2,1-4H3/t13-,18-/m0/s1. The van der Waals surface area contributed by atoms with Crippen LogP contribution in [0.1, 0.15) is 69.8 Å². The summed E-state index contributed by atoms with van der Waals surface area (Å²) >= 11 is 0. The van der Waals surface area contributed by atoms with E-state index >= 15 is 0 Å². The molecule has 0 aromatic heterocycles. The maximum absolute atomic E-state index is 13.2. The molecule has 1 saturated heterocycles. The van der Waals surface area contributed by atoms with Crippen molar-refractivity contribution in [2.75, 3.05) is 6.54 Å². The molecular weight excluding hydrogens is 424 g/mol. The Morgan fingerprint density at radius 2 is 1.61 bits per heavy atom. The zero-order valence-electron chi connectivity index (χ0n) is 17.7. The predicted molar refractivity (Wildman–Crippen MR) is 102 cm³/mol. The summed E-state index contributed by atoms with van der Waals surface area (Å²) in [5.41, 5.74) is -0.899. The van der Waals surface area contributed by atoms with Gasteiger partial charge in [0.2, 0.25) is 0 Å². The maximum Gasteiger partial charge on any atom is 0.416 e. The summed E-state index contributed by atoms with van der Waals surface area (Å²) in [6, 6.07) is 0.603. The molecule has 1 aliphatic carbocycles. The van der Waals surface area contributed by atoms with Crippen LogP contribution in [0.3, 0.4) is 0 Å². The molecule has 9 heteroatoms. The minimum atomic E-state index is -4.96. The average Bonchev–Trinajstić information content (AvgIpc) is 2.91. The number of allylic oxidation sites excluding steroid dienone is 1. The minimum Gasteiger partial charge on any atom is -0.439 e. The van der Waals surface area contributed by atoms with E-state index in [2.05, 4.69) is 13.8 Å². The molecule has 1 aliphatic heterocycles. The Morgan fingerprint density at radius 1 is 1.06 bits per heavy atom. The van der Waals surface area contributed by atoms with Gasteiger partial charge in [0.25, 0.3) is 0 Å². The van der Waals surface area contributed by atoms with Gasteiger partial charge in [0.1, 0.15) is 6.10 Å². The highest BCUT2D eigenvalue weighted by atomic mass is 19.4. The number of carbonyl (C=O) groups is 1. The fourth-order valence-electron chi connectivity index (χ4n) is 4.22. The smallest absolute Gasteiger partial charge is 0.416 e. The molecule has 172 valence electrons. The molecule has 0 radical (unpaired) electrons. The van der Waals surface area contributed by atoms with Gasteiger partial charge >= 0.3 is 18.4 Å². The fraction of sp³-hybridized carbons (Fsp3) is 0.591. The van der Waals surface area contributed by atoms with Crippen molar-refractivity contribution in [3.63, 3.8) is 0 Å². The number of nitrogens with zero attached hydrogens (tertiary/aromatic N) is 1. The lowest BCUT2D eigenvalue weighted by Gasteiger charge is -2.34. The number of cyclic esters (lactones) is 1. The van der Waals surface area contributed by atoms with E-state index in [0.717, 1.165) is 30.4 Å². The second-order valence-electron chi connectivity index (χ2n) is 9.24. The molecule has 0 unspecified atom stereocenters. The number of benzene rings is 1. The molecule has 1 aromatic rings. The Balaban J connectivity index is 1.92. The number of ether oxygens (including phenoxy) is 1. The molecule has 2 aliphatic rings. The third-order valence-corrected chi connectivity index (χ3v) is 6.16. The van der Waals surface area contributed by atoms with Crippen molar-refractivity contribution in [1.29, 1.82) is 0 Å². The minimum absolute atomic E-state index is 0.0593. The second-order valence-corrected chi connectivity index (χ2v) is 9.24. The molecule has 1 aromatic carbocycles. The van der Waals surface area contributed by atoms with E-state index in [1.807, 2.05) is 6.92 Å². The van der Waals surface area contributed by atoms with Crippen molar-refractivity contribution in [1.82, 2.24) is 4.90 Å². The van der Waals surface area contributed by atoms with Crippen LogP contribution in [0.15, 0.2) is 29.3 Å². The molecule has 1 amide bonds. The number of alkyl halides is 6. The first-order valence-electron chi connectivity index (χ1n) is 10.0. The van der Waals surface area contributed by atoms with Crippen molar-refractivity contribution in [2.24, 2.45) is 5.41 Å². The molecule has 3 nitrogen and oxygen atoms in total.